The van der Waals surface area contributed by atoms with E-state index in [1.807, 2.05) is 0 Å². The van der Waals surface area contributed by atoms with Gasteiger partial charge in [-0.1, -0.05) is 30.3 Å². The second kappa shape index (κ2) is 7.31. The Morgan fingerprint density at radius 3 is 2.26 bits per heavy atom. The van der Waals surface area contributed by atoms with Gasteiger partial charge in [-0.3, -0.25) is 4.79 Å². The molecule has 2 aromatic rings. The van der Waals surface area contributed by atoms with E-state index in [1.165, 1.54) is 29.2 Å². The van der Waals surface area contributed by atoms with Crippen LogP contribution in [0.4, 0.5) is 18.9 Å². The molecule has 0 unspecified atom stereocenters. The van der Waals surface area contributed by atoms with Crippen molar-refractivity contribution < 1.29 is 27.9 Å². The van der Waals surface area contributed by atoms with E-state index in [2.05, 4.69) is 15.5 Å². The van der Waals surface area contributed by atoms with E-state index >= 15 is 0 Å². The van der Waals surface area contributed by atoms with E-state index < -0.39 is 34.9 Å². The predicted octanol–water partition coefficient (Wildman–Crippen LogP) is 1.83. The molecule has 1 fully saturated rings. The summed E-state index contributed by atoms with van der Waals surface area (Å²) in [5.74, 6) is -2.50. The lowest BCUT2D eigenvalue weighted by Crippen LogP contribution is -2.45. The molecule has 1 saturated heterocycles. The van der Waals surface area contributed by atoms with Crippen molar-refractivity contribution in [2.45, 2.75) is 6.18 Å². The van der Waals surface area contributed by atoms with Crippen molar-refractivity contribution in [1.82, 2.24) is 15.5 Å². The van der Waals surface area contributed by atoms with Crippen LogP contribution in [0.3, 0.4) is 0 Å². The Morgan fingerprint density at radius 2 is 1.70 bits per heavy atom. The monoisotopic (exact) mass is 380 g/mol. The highest BCUT2D eigenvalue weighted by molar-refractivity contribution is 6.15. The van der Waals surface area contributed by atoms with E-state index in [0.29, 0.717) is 13.1 Å². The molecule has 27 heavy (non-hydrogen) atoms. The number of alkyl halides is 3. The van der Waals surface area contributed by atoms with Crippen molar-refractivity contribution in [2.75, 3.05) is 31.1 Å². The third kappa shape index (κ3) is 3.75. The van der Waals surface area contributed by atoms with Crippen molar-refractivity contribution in [3.05, 3.63) is 52.8 Å². The van der Waals surface area contributed by atoms with Gasteiger partial charge in [0.25, 0.3) is 0 Å². The Hall–Kier alpha value is -3.01. The SMILES string of the molecule is O=C(O)c1nnc(C(F)(F)F)c(C(=O)c2ccccc2)c1N1CCNCC1. The number of anilines is 1. The number of nitrogens with zero attached hydrogens (tertiary/aromatic N) is 3. The van der Waals surface area contributed by atoms with Crippen LogP contribution in [0.5, 0.6) is 0 Å². The fraction of sp³-hybridized carbons (Fsp3) is 0.294. The Morgan fingerprint density at radius 1 is 1.07 bits per heavy atom. The number of hydrogen-bond acceptors (Lipinski definition) is 6. The van der Waals surface area contributed by atoms with Gasteiger partial charge >= 0.3 is 12.1 Å². The average Bonchev–Trinajstić information content (AvgIpc) is 2.66. The predicted molar refractivity (Wildman–Crippen MR) is 89.0 cm³/mol. The first kappa shape index (κ1) is 18.8. The number of aromatic nitrogens is 2. The molecule has 1 aromatic carbocycles. The van der Waals surface area contributed by atoms with Crippen LogP contribution in [-0.4, -0.2) is 53.2 Å². The average molecular weight is 380 g/mol. The zero-order valence-corrected chi connectivity index (χ0v) is 14.0. The highest BCUT2D eigenvalue weighted by Gasteiger charge is 2.42. The highest BCUT2D eigenvalue weighted by Crippen LogP contribution is 2.37. The van der Waals surface area contributed by atoms with Gasteiger partial charge in [-0.15, -0.1) is 10.2 Å². The number of ketones is 1. The first-order chi connectivity index (χ1) is 12.8. The minimum atomic E-state index is -4.97. The van der Waals surface area contributed by atoms with Gasteiger partial charge in [-0.05, 0) is 0 Å². The molecule has 0 amide bonds. The number of carbonyl (C=O) groups excluding carboxylic acids is 1. The number of carboxylic acids is 1. The molecule has 2 N–H and O–H groups in total. The molecule has 1 aliphatic rings. The molecule has 0 aliphatic carbocycles. The van der Waals surface area contributed by atoms with Gasteiger partial charge in [0.2, 0.25) is 0 Å². The van der Waals surface area contributed by atoms with E-state index in [9.17, 15) is 27.9 Å². The molecular weight excluding hydrogens is 365 g/mol. The van der Waals surface area contributed by atoms with Crippen molar-refractivity contribution in [2.24, 2.45) is 0 Å². The number of piperazine rings is 1. The maximum Gasteiger partial charge on any atom is 0.436 e. The number of aromatic carboxylic acids is 1. The maximum absolute atomic E-state index is 13.6. The van der Waals surface area contributed by atoms with Crippen molar-refractivity contribution in [3.63, 3.8) is 0 Å². The van der Waals surface area contributed by atoms with E-state index in [0.717, 1.165) is 0 Å². The number of halogens is 3. The Balaban J connectivity index is 2.30. The van der Waals surface area contributed by atoms with Crippen LogP contribution < -0.4 is 10.2 Å². The Labute approximate surface area is 151 Å². The molecule has 0 atom stereocenters. The molecular formula is C17H15F3N4O3. The van der Waals surface area contributed by atoms with Gasteiger partial charge in [0, 0.05) is 31.7 Å². The number of hydrogen-bond donors (Lipinski definition) is 2. The fourth-order valence-corrected chi connectivity index (χ4v) is 2.92. The minimum absolute atomic E-state index is 0.00345. The van der Waals surface area contributed by atoms with Gasteiger partial charge in [-0.2, -0.15) is 13.2 Å². The number of nitrogens with one attached hydrogen (secondary N) is 1. The first-order valence-corrected chi connectivity index (χ1v) is 8.07. The zero-order valence-electron chi connectivity index (χ0n) is 14.0. The normalized spacial score (nSPS) is 14.9. The molecule has 3 rings (SSSR count). The third-order valence-electron chi connectivity index (χ3n) is 4.12. The van der Waals surface area contributed by atoms with Gasteiger partial charge in [0.1, 0.15) is 0 Å². The van der Waals surface area contributed by atoms with Crippen LogP contribution in [-0.2, 0) is 6.18 Å². The van der Waals surface area contributed by atoms with Crippen molar-refractivity contribution in [3.8, 4) is 0 Å². The van der Waals surface area contributed by atoms with Crippen LogP contribution in [0, 0.1) is 0 Å². The molecule has 0 bridgehead atoms. The topological polar surface area (TPSA) is 95.4 Å². The van der Waals surface area contributed by atoms with Crippen LogP contribution in [0.1, 0.15) is 32.1 Å². The van der Waals surface area contributed by atoms with Crippen LogP contribution in [0.25, 0.3) is 0 Å². The third-order valence-corrected chi connectivity index (χ3v) is 4.12. The summed E-state index contributed by atoms with van der Waals surface area (Å²) in [6, 6.07) is 7.37. The summed E-state index contributed by atoms with van der Waals surface area (Å²) in [6.07, 6.45) is -4.97. The lowest BCUT2D eigenvalue weighted by atomic mass is 9.98. The maximum atomic E-state index is 13.6. The molecule has 2 heterocycles. The fourth-order valence-electron chi connectivity index (χ4n) is 2.92. The first-order valence-electron chi connectivity index (χ1n) is 8.07. The van der Waals surface area contributed by atoms with Crippen LogP contribution in [0.15, 0.2) is 30.3 Å². The van der Waals surface area contributed by atoms with Crippen molar-refractivity contribution >= 4 is 17.4 Å². The van der Waals surface area contributed by atoms with Crippen LogP contribution >= 0.6 is 0 Å². The Kier molecular flexibility index (Phi) is 5.08. The summed E-state index contributed by atoms with van der Waals surface area (Å²) in [5, 5.41) is 18.8. The van der Waals surface area contributed by atoms with Crippen molar-refractivity contribution in [1.29, 1.82) is 0 Å². The number of carbonyl (C=O) groups is 2. The summed E-state index contributed by atoms with van der Waals surface area (Å²) < 4.78 is 40.7. The molecule has 1 aromatic heterocycles. The molecule has 0 saturated carbocycles. The number of rotatable bonds is 4. The lowest BCUT2D eigenvalue weighted by molar-refractivity contribution is -0.142. The van der Waals surface area contributed by atoms with E-state index in [1.54, 1.807) is 6.07 Å². The summed E-state index contributed by atoms with van der Waals surface area (Å²) in [5.41, 5.74) is -3.30. The molecule has 0 spiro atoms. The highest BCUT2D eigenvalue weighted by atomic mass is 19.4. The zero-order chi connectivity index (χ0) is 19.6. The molecule has 10 heteroatoms. The second-order valence-electron chi connectivity index (χ2n) is 5.86. The van der Waals surface area contributed by atoms with Gasteiger partial charge in [0.05, 0.1) is 11.3 Å². The standard InChI is InChI=1S/C17H15F3N4O3/c18-17(19,20)15-11(14(25)10-4-2-1-3-5-10)13(12(16(26)27)22-23-15)24-8-6-21-7-9-24/h1-5,21H,6-9H2,(H,26,27). The van der Waals surface area contributed by atoms with E-state index in [-0.39, 0.29) is 24.3 Å². The molecule has 7 nitrogen and oxygen atoms in total. The number of carboxylic acid groups (broad SMARTS) is 1. The quantitative estimate of drug-likeness (QED) is 0.782. The van der Waals surface area contributed by atoms with Gasteiger partial charge < -0.3 is 15.3 Å². The minimum Gasteiger partial charge on any atom is -0.476 e. The summed E-state index contributed by atoms with van der Waals surface area (Å²) >= 11 is 0. The van der Waals surface area contributed by atoms with E-state index in [4.69, 9.17) is 0 Å². The van der Waals surface area contributed by atoms with Gasteiger partial charge in [-0.25, -0.2) is 4.79 Å². The molecule has 1 aliphatic heterocycles. The molecule has 0 radical (unpaired) electrons. The smallest absolute Gasteiger partial charge is 0.436 e. The summed E-state index contributed by atoms with van der Waals surface area (Å²) in [7, 11) is 0. The lowest BCUT2D eigenvalue weighted by Gasteiger charge is -2.32. The number of benzene rings is 1. The van der Waals surface area contributed by atoms with Crippen LogP contribution in [0.2, 0.25) is 0 Å². The second-order valence-corrected chi connectivity index (χ2v) is 5.86. The summed E-state index contributed by atoms with van der Waals surface area (Å²) in [6.45, 7) is 1.33. The van der Waals surface area contributed by atoms with Gasteiger partial charge in [0.15, 0.2) is 17.2 Å². The summed E-state index contributed by atoms with van der Waals surface area (Å²) in [4.78, 5) is 26.0. The molecule has 142 valence electrons. The largest absolute Gasteiger partial charge is 0.476 e. The Bertz CT molecular complexity index is 866.